The summed E-state index contributed by atoms with van der Waals surface area (Å²) >= 11 is 0. The molecule has 0 radical (unpaired) electrons. The molecule has 1 saturated heterocycles. The fourth-order valence-electron chi connectivity index (χ4n) is 2.47. The summed E-state index contributed by atoms with van der Waals surface area (Å²) in [6.07, 6.45) is 4.39. The fourth-order valence-corrected chi connectivity index (χ4v) is 2.47. The maximum absolute atomic E-state index is 4.40. The summed E-state index contributed by atoms with van der Waals surface area (Å²) in [5.41, 5.74) is 1.41. The van der Waals surface area contributed by atoms with E-state index in [9.17, 15) is 0 Å². The van der Waals surface area contributed by atoms with Crippen LogP contribution in [0.15, 0.2) is 12.3 Å². The topological polar surface area (TPSA) is 29.9 Å². The number of hydrogen-bond acceptors (Lipinski definition) is 2. The molecule has 0 aliphatic carbocycles. The Hall–Kier alpha value is -0.830. The van der Waals surface area contributed by atoms with Gasteiger partial charge in [0.2, 0.25) is 0 Å². The van der Waals surface area contributed by atoms with E-state index in [2.05, 4.69) is 35.0 Å². The van der Waals surface area contributed by atoms with E-state index in [-0.39, 0.29) is 0 Å². The van der Waals surface area contributed by atoms with E-state index < -0.39 is 0 Å². The van der Waals surface area contributed by atoms with Crippen molar-refractivity contribution in [2.24, 2.45) is 5.92 Å². The summed E-state index contributed by atoms with van der Waals surface area (Å²) in [5, 5.41) is 7.90. The SMILES string of the molecule is CCCn1nccc1C1CNCC(C)C1. The molecule has 1 aliphatic heterocycles. The lowest BCUT2D eigenvalue weighted by Gasteiger charge is -2.28. The molecule has 0 aromatic carbocycles. The third-order valence-electron chi connectivity index (χ3n) is 3.17. The van der Waals surface area contributed by atoms with Crippen LogP contribution in [0.25, 0.3) is 0 Å². The third-order valence-corrected chi connectivity index (χ3v) is 3.17. The van der Waals surface area contributed by atoms with Crippen molar-refractivity contribution in [1.82, 2.24) is 15.1 Å². The van der Waals surface area contributed by atoms with Crippen LogP contribution >= 0.6 is 0 Å². The van der Waals surface area contributed by atoms with Crippen LogP contribution in [0, 0.1) is 5.92 Å². The van der Waals surface area contributed by atoms with Crippen molar-refractivity contribution in [1.29, 1.82) is 0 Å². The average molecular weight is 207 g/mol. The Labute approximate surface area is 91.9 Å². The molecule has 0 spiro atoms. The molecule has 3 heteroatoms. The van der Waals surface area contributed by atoms with Gasteiger partial charge in [-0.25, -0.2) is 0 Å². The Bertz CT molecular complexity index is 306. The highest BCUT2D eigenvalue weighted by atomic mass is 15.3. The first-order chi connectivity index (χ1) is 7.31. The van der Waals surface area contributed by atoms with E-state index >= 15 is 0 Å². The Morgan fingerprint density at radius 3 is 3.13 bits per heavy atom. The number of rotatable bonds is 3. The molecule has 0 amide bonds. The zero-order valence-electron chi connectivity index (χ0n) is 9.74. The highest BCUT2D eigenvalue weighted by Crippen LogP contribution is 2.25. The number of nitrogens with one attached hydrogen (secondary N) is 1. The molecule has 1 N–H and O–H groups in total. The Morgan fingerprint density at radius 2 is 2.40 bits per heavy atom. The van der Waals surface area contributed by atoms with Crippen molar-refractivity contribution < 1.29 is 0 Å². The van der Waals surface area contributed by atoms with Gasteiger partial charge in [-0.15, -0.1) is 0 Å². The number of aromatic nitrogens is 2. The minimum Gasteiger partial charge on any atom is -0.316 e. The molecular weight excluding hydrogens is 186 g/mol. The molecule has 1 aromatic heterocycles. The third kappa shape index (κ3) is 2.40. The van der Waals surface area contributed by atoms with Crippen LogP contribution in [-0.2, 0) is 6.54 Å². The lowest BCUT2D eigenvalue weighted by Crippen LogP contribution is -2.34. The molecule has 2 rings (SSSR count). The quantitative estimate of drug-likeness (QED) is 0.821. The molecule has 1 aliphatic rings. The monoisotopic (exact) mass is 207 g/mol. The maximum Gasteiger partial charge on any atom is 0.0492 e. The Balaban J connectivity index is 2.10. The number of aryl methyl sites for hydroxylation is 1. The van der Waals surface area contributed by atoms with Crippen LogP contribution in [0.5, 0.6) is 0 Å². The molecule has 2 atom stereocenters. The zero-order valence-corrected chi connectivity index (χ0v) is 9.74. The van der Waals surface area contributed by atoms with E-state index in [1.807, 2.05) is 6.20 Å². The minimum absolute atomic E-state index is 0.655. The zero-order chi connectivity index (χ0) is 10.7. The predicted molar refractivity (Wildman–Crippen MR) is 61.9 cm³/mol. The summed E-state index contributed by atoms with van der Waals surface area (Å²) in [6, 6.07) is 2.18. The number of hydrogen-bond donors (Lipinski definition) is 1. The maximum atomic E-state index is 4.40. The standard InChI is InChI=1S/C12H21N3/c1-3-6-15-12(4-5-14-15)11-7-10(2)8-13-9-11/h4-5,10-11,13H,3,6-9H2,1-2H3. The van der Waals surface area contributed by atoms with Crippen LogP contribution in [0.2, 0.25) is 0 Å². The van der Waals surface area contributed by atoms with Gasteiger partial charge in [0.25, 0.3) is 0 Å². The molecule has 3 nitrogen and oxygen atoms in total. The van der Waals surface area contributed by atoms with E-state index in [0.717, 1.165) is 25.4 Å². The summed E-state index contributed by atoms with van der Waals surface area (Å²) in [6.45, 7) is 7.85. The summed E-state index contributed by atoms with van der Waals surface area (Å²) in [4.78, 5) is 0. The van der Waals surface area contributed by atoms with Gasteiger partial charge in [0.05, 0.1) is 0 Å². The smallest absolute Gasteiger partial charge is 0.0492 e. The highest BCUT2D eigenvalue weighted by molar-refractivity contribution is 5.10. The van der Waals surface area contributed by atoms with Crippen LogP contribution < -0.4 is 5.32 Å². The molecule has 2 heterocycles. The van der Waals surface area contributed by atoms with Gasteiger partial charge in [-0.1, -0.05) is 13.8 Å². The predicted octanol–water partition coefficient (Wildman–Crippen LogP) is 2.01. The molecule has 0 bridgehead atoms. The van der Waals surface area contributed by atoms with Gasteiger partial charge in [-0.2, -0.15) is 5.10 Å². The van der Waals surface area contributed by atoms with Gasteiger partial charge in [-0.05, 0) is 31.4 Å². The molecule has 1 aromatic rings. The highest BCUT2D eigenvalue weighted by Gasteiger charge is 2.22. The van der Waals surface area contributed by atoms with E-state index in [4.69, 9.17) is 0 Å². The van der Waals surface area contributed by atoms with E-state index in [1.54, 1.807) is 0 Å². The number of nitrogens with zero attached hydrogens (tertiary/aromatic N) is 2. The van der Waals surface area contributed by atoms with Gasteiger partial charge in [0.1, 0.15) is 0 Å². The Morgan fingerprint density at radius 1 is 1.53 bits per heavy atom. The second kappa shape index (κ2) is 4.79. The van der Waals surface area contributed by atoms with Crippen LogP contribution in [-0.4, -0.2) is 22.9 Å². The second-order valence-electron chi connectivity index (χ2n) is 4.68. The molecule has 2 unspecified atom stereocenters. The van der Waals surface area contributed by atoms with E-state index in [0.29, 0.717) is 5.92 Å². The first-order valence-corrected chi connectivity index (χ1v) is 6.03. The lowest BCUT2D eigenvalue weighted by molar-refractivity contribution is 0.349. The normalized spacial score (nSPS) is 26.8. The van der Waals surface area contributed by atoms with Gasteiger partial charge in [-0.3, -0.25) is 4.68 Å². The molecule has 0 saturated carbocycles. The van der Waals surface area contributed by atoms with Crippen LogP contribution in [0.4, 0.5) is 0 Å². The van der Waals surface area contributed by atoms with Gasteiger partial charge in [0, 0.05) is 30.9 Å². The second-order valence-corrected chi connectivity index (χ2v) is 4.68. The Kier molecular flexibility index (Phi) is 3.41. The van der Waals surface area contributed by atoms with Crippen molar-refractivity contribution in [3.8, 4) is 0 Å². The van der Waals surface area contributed by atoms with Gasteiger partial charge in [0.15, 0.2) is 0 Å². The van der Waals surface area contributed by atoms with Crippen molar-refractivity contribution in [2.45, 2.75) is 39.2 Å². The first kappa shape index (κ1) is 10.7. The van der Waals surface area contributed by atoms with Gasteiger partial charge >= 0.3 is 0 Å². The minimum atomic E-state index is 0.655. The van der Waals surface area contributed by atoms with Gasteiger partial charge < -0.3 is 5.32 Å². The largest absolute Gasteiger partial charge is 0.316 e. The molecule has 1 fully saturated rings. The lowest BCUT2D eigenvalue weighted by atomic mass is 9.89. The fraction of sp³-hybridized carbons (Fsp3) is 0.750. The first-order valence-electron chi connectivity index (χ1n) is 6.03. The van der Waals surface area contributed by atoms with Crippen molar-refractivity contribution in [3.63, 3.8) is 0 Å². The molecule has 15 heavy (non-hydrogen) atoms. The van der Waals surface area contributed by atoms with Crippen molar-refractivity contribution in [2.75, 3.05) is 13.1 Å². The molecule has 84 valence electrons. The summed E-state index contributed by atoms with van der Waals surface area (Å²) in [5.74, 6) is 1.44. The average Bonchev–Trinajstić information content (AvgIpc) is 2.66. The van der Waals surface area contributed by atoms with E-state index in [1.165, 1.54) is 18.7 Å². The number of piperidine rings is 1. The van der Waals surface area contributed by atoms with Crippen molar-refractivity contribution >= 4 is 0 Å². The molecular formula is C12H21N3. The van der Waals surface area contributed by atoms with Crippen LogP contribution in [0.3, 0.4) is 0 Å². The summed E-state index contributed by atoms with van der Waals surface area (Å²) < 4.78 is 2.17. The van der Waals surface area contributed by atoms with Crippen molar-refractivity contribution in [3.05, 3.63) is 18.0 Å². The summed E-state index contributed by atoms with van der Waals surface area (Å²) in [7, 11) is 0. The van der Waals surface area contributed by atoms with Crippen LogP contribution in [0.1, 0.15) is 38.3 Å².